The summed E-state index contributed by atoms with van der Waals surface area (Å²) < 4.78 is 10.7. The topological polar surface area (TPSA) is 47.7 Å². The Bertz CT molecular complexity index is 401. The predicted octanol–water partition coefficient (Wildman–Crippen LogP) is 1.58. The van der Waals surface area contributed by atoms with Gasteiger partial charge in [-0.2, -0.15) is 11.8 Å². The van der Waals surface area contributed by atoms with Gasteiger partial charge in [0, 0.05) is 36.7 Å². The molecule has 1 aromatic rings. The van der Waals surface area contributed by atoms with Gasteiger partial charge in [0.05, 0.1) is 19.9 Å². The van der Waals surface area contributed by atoms with Crippen LogP contribution in [0.5, 0.6) is 11.5 Å². The molecule has 0 aromatic heterocycles. The lowest BCUT2D eigenvalue weighted by Crippen LogP contribution is -2.41. The first kappa shape index (κ1) is 13.4. The van der Waals surface area contributed by atoms with Crippen LogP contribution in [0.3, 0.4) is 0 Å². The van der Waals surface area contributed by atoms with E-state index in [1.54, 1.807) is 14.2 Å². The molecule has 0 spiro atoms. The van der Waals surface area contributed by atoms with Crippen molar-refractivity contribution in [2.75, 3.05) is 44.5 Å². The second-order valence-corrected chi connectivity index (χ2v) is 5.62. The number of hydrogen-bond acceptors (Lipinski definition) is 5. The molecule has 5 heteroatoms. The van der Waals surface area contributed by atoms with Crippen LogP contribution in [-0.2, 0) is 0 Å². The molecule has 1 saturated heterocycles. The van der Waals surface area contributed by atoms with E-state index in [2.05, 4.69) is 11.0 Å². The van der Waals surface area contributed by atoms with Gasteiger partial charge in [0.1, 0.15) is 11.5 Å². The fraction of sp³-hybridized carbons (Fsp3) is 0.538. The molecule has 0 saturated carbocycles. The highest BCUT2D eigenvalue weighted by Gasteiger charge is 2.21. The minimum atomic E-state index is 0.505. The van der Waals surface area contributed by atoms with Crippen LogP contribution in [0.15, 0.2) is 18.2 Å². The van der Waals surface area contributed by atoms with E-state index in [0.717, 1.165) is 42.6 Å². The summed E-state index contributed by atoms with van der Waals surface area (Å²) in [4.78, 5) is 2.34. The molecule has 1 aliphatic heterocycles. The third kappa shape index (κ3) is 2.84. The number of thioether (sulfide) groups is 1. The van der Waals surface area contributed by atoms with Crippen molar-refractivity contribution in [1.29, 1.82) is 0 Å². The first-order valence-electron chi connectivity index (χ1n) is 6.07. The fourth-order valence-electron chi connectivity index (χ4n) is 2.13. The molecule has 0 bridgehead atoms. The zero-order valence-corrected chi connectivity index (χ0v) is 11.7. The number of anilines is 1. The molecule has 100 valence electrons. The van der Waals surface area contributed by atoms with Gasteiger partial charge in [-0.1, -0.05) is 0 Å². The number of ether oxygens (including phenoxy) is 2. The summed E-state index contributed by atoms with van der Waals surface area (Å²) in [6.07, 6.45) is 0. The summed E-state index contributed by atoms with van der Waals surface area (Å²) in [5.41, 5.74) is 6.88. The highest BCUT2D eigenvalue weighted by atomic mass is 32.2. The predicted molar refractivity (Wildman–Crippen MR) is 77.1 cm³/mol. The highest BCUT2D eigenvalue weighted by Crippen LogP contribution is 2.34. The third-order valence-electron chi connectivity index (χ3n) is 3.13. The average molecular weight is 268 g/mol. The van der Waals surface area contributed by atoms with Gasteiger partial charge in [-0.3, -0.25) is 0 Å². The van der Waals surface area contributed by atoms with Gasteiger partial charge >= 0.3 is 0 Å². The lowest BCUT2D eigenvalue weighted by molar-refractivity contribution is 0.394. The van der Waals surface area contributed by atoms with Crippen LogP contribution in [0.25, 0.3) is 0 Å². The maximum Gasteiger partial charge on any atom is 0.145 e. The third-order valence-corrected chi connectivity index (χ3v) is 4.36. The molecule has 0 amide bonds. The van der Waals surface area contributed by atoms with Gasteiger partial charge in [-0.25, -0.2) is 0 Å². The monoisotopic (exact) mass is 268 g/mol. The van der Waals surface area contributed by atoms with E-state index in [0.29, 0.717) is 5.25 Å². The van der Waals surface area contributed by atoms with Gasteiger partial charge < -0.3 is 20.1 Å². The van der Waals surface area contributed by atoms with E-state index in [9.17, 15) is 0 Å². The van der Waals surface area contributed by atoms with E-state index in [1.807, 2.05) is 23.9 Å². The summed E-state index contributed by atoms with van der Waals surface area (Å²) in [7, 11) is 3.35. The lowest BCUT2D eigenvalue weighted by atomic mass is 10.2. The minimum absolute atomic E-state index is 0.505. The Morgan fingerprint density at radius 2 is 2.22 bits per heavy atom. The Hall–Kier alpha value is -1.07. The van der Waals surface area contributed by atoms with E-state index in [4.69, 9.17) is 15.2 Å². The normalized spacial score (nSPS) is 19.7. The quantitative estimate of drug-likeness (QED) is 0.898. The molecule has 18 heavy (non-hydrogen) atoms. The van der Waals surface area contributed by atoms with Crippen LogP contribution in [-0.4, -0.2) is 44.9 Å². The molecular weight excluding hydrogens is 248 g/mol. The van der Waals surface area contributed by atoms with Crippen LogP contribution in [0, 0.1) is 0 Å². The SMILES string of the molecule is COc1ccc(N2CCSC(CN)C2)c(OC)c1. The van der Waals surface area contributed by atoms with Gasteiger partial charge in [0.25, 0.3) is 0 Å². The van der Waals surface area contributed by atoms with Gasteiger partial charge in [0.15, 0.2) is 0 Å². The number of rotatable bonds is 4. The number of methoxy groups -OCH3 is 2. The Morgan fingerprint density at radius 3 is 2.89 bits per heavy atom. The largest absolute Gasteiger partial charge is 0.497 e. The second kappa shape index (κ2) is 6.20. The van der Waals surface area contributed by atoms with Crippen molar-refractivity contribution in [3.05, 3.63) is 18.2 Å². The first-order chi connectivity index (χ1) is 8.78. The number of nitrogens with two attached hydrogens (primary N) is 1. The van der Waals surface area contributed by atoms with Crippen LogP contribution < -0.4 is 20.1 Å². The van der Waals surface area contributed by atoms with Crippen LogP contribution in [0.1, 0.15) is 0 Å². The van der Waals surface area contributed by atoms with E-state index in [1.165, 1.54) is 0 Å². The van der Waals surface area contributed by atoms with Gasteiger partial charge in [0.2, 0.25) is 0 Å². The molecule has 4 nitrogen and oxygen atoms in total. The molecule has 1 aliphatic rings. The standard InChI is InChI=1S/C13H20N2O2S/c1-16-10-3-4-12(13(7-10)17-2)15-5-6-18-11(8-14)9-15/h3-4,7,11H,5-6,8-9,14H2,1-2H3. The molecular formula is C13H20N2O2S. The van der Waals surface area contributed by atoms with Crippen molar-refractivity contribution in [2.45, 2.75) is 5.25 Å². The van der Waals surface area contributed by atoms with Crippen molar-refractivity contribution in [1.82, 2.24) is 0 Å². The summed E-state index contributed by atoms with van der Waals surface area (Å²) in [5, 5.41) is 0.505. The first-order valence-corrected chi connectivity index (χ1v) is 7.12. The molecule has 1 heterocycles. The second-order valence-electron chi connectivity index (χ2n) is 4.21. The molecule has 1 fully saturated rings. The maximum absolute atomic E-state index is 5.76. The summed E-state index contributed by atoms with van der Waals surface area (Å²) >= 11 is 1.95. The highest BCUT2D eigenvalue weighted by molar-refractivity contribution is 8.00. The van der Waals surface area contributed by atoms with Crippen molar-refractivity contribution < 1.29 is 9.47 Å². The molecule has 2 rings (SSSR count). The van der Waals surface area contributed by atoms with Crippen LogP contribution in [0.4, 0.5) is 5.69 Å². The molecule has 0 radical (unpaired) electrons. The Kier molecular flexibility index (Phi) is 4.60. The van der Waals surface area contributed by atoms with E-state index < -0.39 is 0 Å². The van der Waals surface area contributed by atoms with Gasteiger partial charge in [-0.05, 0) is 12.1 Å². The van der Waals surface area contributed by atoms with Crippen molar-refractivity contribution in [3.8, 4) is 11.5 Å². The zero-order valence-electron chi connectivity index (χ0n) is 10.9. The van der Waals surface area contributed by atoms with Crippen molar-refractivity contribution in [3.63, 3.8) is 0 Å². The molecule has 1 aromatic carbocycles. The van der Waals surface area contributed by atoms with E-state index >= 15 is 0 Å². The Morgan fingerprint density at radius 1 is 1.39 bits per heavy atom. The van der Waals surface area contributed by atoms with E-state index in [-0.39, 0.29) is 0 Å². The lowest BCUT2D eigenvalue weighted by Gasteiger charge is -2.34. The molecule has 0 aliphatic carbocycles. The summed E-state index contributed by atoms with van der Waals surface area (Å²) in [6, 6.07) is 5.95. The molecule has 1 atom stereocenters. The average Bonchev–Trinajstić information content (AvgIpc) is 2.46. The number of nitrogens with zero attached hydrogens (tertiary/aromatic N) is 1. The van der Waals surface area contributed by atoms with Gasteiger partial charge in [-0.15, -0.1) is 0 Å². The summed E-state index contributed by atoms with van der Waals surface area (Å²) in [6.45, 7) is 2.73. The zero-order chi connectivity index (χ0) is 13.0. The molecule has 2 N–H and O–H groups in total. The van der Waals surface area contributed by atoms with Crippen LogP contribution >= 0.6 is 11.8 Å². The molecule has 1 unspecified atom stereocenters. The van der Waals surface area contributed by atoms with Crippen LogP contribution in [0.2, 0.25) is 0 Å². The summed E-state index contributed by atoms with van der Waals surface area (Å²) in [5.74, 6) is 2.78. The van der Waals surface area contributed by atoms with Crippen molar-refractivity contribution in [2.24, 2.45) is 5.73 Å². The smallest absolute Gasteiger partial charge is 0.145 e. The number of hydrogen-bond donors (Lipinski definition) is 1. The number of benzene rings is 1. The Balaban J connectivity index is 2.21. The minimum Gasteiger partial charge on any atom is -0.497 e. The Labute approximate surface area is 112 Å². The fourth-order valence-corrected chi connectivity index (χ4v) is 3.21. The maximum atomic E-state index is 5.76. The van der Waals surface area contributed by atoms with Crippen molar-refractivity contribution >= 4 is 17.4 Å².